The molecule has 1 aromatic heterocycles. The average molecular weight is 170 g/mol. The van der Waals surface area contributed by atoms with Crippen molar-refractivity contribution in [1.82, 2.24) is 0 Å². The standard InChI is InChI=1S/C9H14O3/c1-3-5-7-8(6-4-2)12-9(10)11-7/h3-6H2,1-2H3. The predicted molar refractivity (Wildman–Crippen MR) is 45.2 cm³/mol. The van der Waals surface area contributed by atoms with E-state index in [1.54, 1.807) is 0 Å². The lowest BCUT2D eigenvalue weighted by Crippen LogP contribution is -1.87. The summed E-state index contributed by atoms with van der Waals surface area (Å²) in [6.45, 7) is 4.09. The molecule has 0 aliphatic rings. The van der Waals surface area contributed by atoms with E-state index in [-0.39, 0.29) is 0 Å². The van der Waals surface area contributed by atoms with Crippen LogP contribution in [0.1, 0.15) is 38.2 Å². The molecule has 12 heavy (non-hydrogen) atoms. The molecule has 0 fully saturated rings. The van der Waals surface area contributed by atoms with Crippen molar-refractivity contribution < 1.29 is 8.83 Å². The van der Waals surface area contributed by atoms with E-state index in [1.165, 1.54) is 0 Å². The summed E-state index contributed by atoms with van der Waals surface area (Å²) in [4.78, 5) is 10.7. The van der Waals surface area contributed by atoms with Crippen LogP contribution in [-0.2, 0) is 12.8 Å². The van der Waals surface area contributed by atoms with Crippen LogP contribution in [0, 0.1) is 0 Å². The first-order valence-corrected chi connectivity index (χ1v) is 4.39. The van der Waals surface area contributed by atoms with Crippen molar-refractivity contribution in [2.24, 2.45) is 0 Å². The highest BCUT2D eigenvalue weighted by atomic mass is 16.6. The number of hydrogen-bond donors (Lipinski definition) is 0. The van der Waals surface area contributed by atoms with E-state index in [2.05, 4.69) is 0 Å². The number of aryl methyl sites for hydroxylation is 2. The van der Waals surface area contributed by atoms with Gasteiger partial charge in [-0.3, -0.25) is 0 Å². The van der Waals surface area contributed by atoms with Crippen LogP contribution in [-0.4, -0.2) is 0 Å². The van der Waals surface area contributed by atoms with Gasteiger partial charge in [0.15, 0.2) is 0 Å². The van der Waals surface area contributed by atoms with Crippen LogP contribution >= 0.6 is 0 Å². The molecule has 0 atom stereocenters. The van der Waals surface area contributed by atoms with E-state index in [1.807, 2.05) is 13.8 Å². The molecule has 0 bridgehead atoms. The Kier molecular flexibility index (Phi) is 3.14. The normalized spacial score (nSPS) is 10.5. The van der Waals surface area contributed by atoms with Crippen molar-refractivity contribution in [3.8, 4) is 0 Å². The van der Waals surface area contributed by atoms with E-state index in [4.69, 9.17) is 8.83 Å². The highest BCUT2D eigenvalue weighted by Crippen LogP contribution is 2.11. The quantitative estimate of drug-likeness (QED) is 0.695. The molecule has 0 aliphatic carbocycles. The van der Waals surface area contributed by atoms with Crippen molar-refractivity contribution in [2.75, 3.05) is 0 Å². The van der Waals surface area contributed by atoms with Crippen LogP contribution in [0.5, 0.6) is 0 Å². The fourth-order valence-electron chi connectivity index (χ4n) is 1.17. The van der Waals surface area contributed by atoms with Crippen molar-refractivity contribution in [1.29, 1.82) is 0 Å². The largest absolute Gasteiger partial charge is 0.519 e. The molecule has 0 unspecified atom stereocenters. The monoisotopic (exact) mass is 170 g/mol. The topological polar surface area (TPSA) is 43.4 Å². The van der Waals surface area contributed by atoms with Gasteiger partial charge >= 0.3 is 5.82 Å². The molecular formula is C9H14O3. The molecule has 3 nitrogen and oxygen atoms in total. The Hall–Kier alpha value is -0.990. The van der Waals surface area contributed by atoms with Crippen molar-refractivity contribution in [2.45, 2.75) is 39.5 Å². The summed E-state index contributed by atoms with van der Waals surface area (Å²) in [5, 5.41) is 0. The van der Waals surface area contributed by atoms with E-state index >= 15 is 0 Å². The third-order valence-corrected chi connectivity index (χ3v) is 1.68. The molecule has 0 saturated carbocycles. The second kappa shape index (κ2) is 4.14. The fraction of sp³-hybridized carbons (Fsp3) is 0.667. The van der Waals surface area contributed by atoms with Crippen LogP contribution in [0.15, 0.2) is 13.6 Å². The van der Waals surface area contributed by atoms with Gasteiger partial charge in [-0.15, -0.1) is 0 Å². The minimum absolute atomic E-state index is 0.568. The SMILES string of the molecule is CCCc1oc(=O)oc1CCC. The number of hydrogen-bond acceptors (Lipinski definition) is 3. The zero-order valence-corrected chi connectivity index (χ0v) is 7.55. The average Bonchev–Trinajstić information content (AvgIpc) is 2.33. The maximum atomic E-state index is 10.7. The lowest BCUT2D eigenvalue weighted by atomic mass is 10.2. The minimum Gasteiger partial charge on any atom is -0.396 e. The third kappa shape index (κ3) is 2.00. The Labute approximate surface area is 71.4 Å². The Bertz CT molecular complexity index is 256. The Morgan fingerprint density at radius 3 is 1.75 bits per heavy atom. The van der Waals surface area contributed by atoms with E-state index in [9.17, 15) is 4.79 Å². The Morgan fingerprint density at radius 1 is 1.00 bits per heavy atom. The van der Waals surface area contributed by atoms with Gasteiger partial charge < -0.3 is 8.83 Å². The molecule has 68 valence electrons. The summed E-state index contributed by atoms with van der Waals surface area (Å²) in [6.07, 6.45) is 3.53. The molecular weight excluding hydrogens is 156 g/mol. The van der Waals surface area contributed by atoms with Crippen molar-refractivity contribution in [3.05, 3.63) is 22.1 Å². The minimum atomic E-state index is -0.568. The van der Waals surface area contributed by atoms with Gasteiger partial charge in [-0.2, -0.15) is 0 Å². The summed E-state index contributed by atoms with van der Waals surface area (Å²) < 4.78 is 9.77. The molecule has 0 amide bonds. The smallest absolute Gasteiger partial charge is 0.396 e. The second-order valence-corrected chi connectivity index (χ2v) is 2.80. The molecule has 0 radical (unpaired) electrons. The lowest BCUT2D eigenvalue weighted by molar-refractivity contribution is 0.365. The molecule has 1 aromatic rings. The molecule has 1 rings (SSSR count). The van der Waals surface area contributed by atoms with Crippen molar-refractivity contribution in [3.63, 3.8) is 0 Å². The third-order valence-electron chi connectivity index (χ3n) is 1.68. The van der Waals surface area contributed by atoms with E-state index in [0.717, 1.165) is 37.2 Å². The Balaban J connectivity index is 2.84. The highest BCUT2D eigenvalue weighted by Gasteiger charge is 2.09. The molecule has 0 spiro atoms. The van der Waals surface area contributed by atoms with Gasteiger partial charge in [0, 0.05) is 12.8 Å². The molecule has 0 saturated heterocycles. The van der Waals surface area contributed by atoms with Gasteiger partial charge in [0.25, 0.3) is 0 Å². The zero-order valence-electron chi connectivity index (χ0n) is 7.55. The second-order valence-electron chi connectivity index (χ2n) is 2.80. The van der Waals surface area contributed by atoms with Crippen LogP contribution in [0.4, 0.5) is 0 Å². The van der Waals surface area contributed by atoms with E-state index < -0.39 is 5.82 Å². The summed E-state index contributed by atoms with van der Waals surface area (Å²) in [7, 11) is 0. The summed E-state index contributed by atoms with van der Waals surface area (Å²) in [6, 6.07) is 0. The lowest BCUT2D eigenvalue weighted by Gasteiger charge is -1.93. The molecule has 0 N–H and O–H groups in total. The molecule has 0 aliphatic heterocycles. The first-order valence-electron chi connectivity index (χ1n) is 4.39. The van der Waals surface area contributed by atoms with Crippen LogP contribution < -0.4 is 5.82 Å². The summed E-state index contributed by atoms with van der Waals surface area (Å²) in [5.41, 5.74) is 0. The summed E-state index contributed by atoms with van der Waals surface area (Å²) in [5.74, 6) is 0.885. The van der Waals surface area contributed by atoms with Gasteiger partial charge in [-0.1, -0.05) is 13.8 Å². The van der Waals surface area contributed by atoms with Gasteiger partial charge in [-0.05, 0) is 12.8 Å². The maximum absolute atomic E-state index is 10.7. The molecule has 3 heteroatoms. The highest BCUT2D eigenvalue weighted by molar-refractivity contribution is 5.03. The van der Waals surface area contributed by atoms with Gasteiger partial charge in [0.1, 0.15) is 11.5 Å². The summed E-state index contributed by atoms with van der Waals surface area (Å²) >= 11 is 0. The molecule has 1 heterocycles. The zero-order chi connectivity index (χ0) is 8.97. The first kappa shape index (κ1) is 9.10. The fourth-order valence-corrected chi connectivity index (χ4v) is 1.17. The Morgan fingerprint density at radius 2 is 1.42 bits per heavy atom. The van der Waals surface area contributed by atoms with Gasteiger partial charge in [0.05, 0.1) is 0 Å². The first-order chi connectivity index (χ1) is 5.77. The van der Waals surface area contributed by atoms with Crippen molar-refractivity contribution >= 4 is 0 Å². The maximum Gasteiger partial charge on any atom is 0.519 e. The van der Waals surface area contributed by atoms with E-state index in [0.29, 0.717) is 0 Å². The van der Waals surface area contributed by atoms with Gasteiger partial charge in [0.2, 0.25) is 0 Å². The van der Waals surface area contributed by atoms with Crippen LogP contribution in [0.25, 0.3) is 0 Å². The predicted octanol–water partition coefficient (Wildman–Crippen LogP) is 2.14. The van der Waals surface area contributed by atoms with Gasteiger partial charge in [-0.25, -0.2) is 4.79 Å². The number of rotatable bonds is 4. The van der Waals surface area contributed by atoms with Crippen LogP contribution in [0.3, 0.4) is 0 Å². The molecule has 0 aromatic carbocycles. The van der Waals surface area contributed by atoms with Crippen LogP contribution in [0.2, 0.25) is 0 Å².